The molecule has 0 aliphatic carbocycles. The van der Waals surface area contributed by atoms with E-state index in [-0.39, 0.29) is 32.1 Å². The molecule has 0 aliphatic rings. The van der Waals surface area contributed by atoms with Gasteiger partial charge in [0.25, 0.3) is 11.1 Å². The van der Waals surface area contributed by atoms with Gasteiger partial charge < -0.3 is 19.3 Å². The molecule has 0 saturated carbocycles. The third kappa shape index (κ3) is 830. The minimum absolute atomic E-state index is 0. The zero-order valence-electron chi connectivity index (χ0n) is 7.48. The van der Waals surface area contributed by atoms with Gasteiger partial charge in [-0.25, -0.2) is 0 Å². The van der Waals surface area contributed by atoms with E-state index in [9.17, 15) is 0 Å². The standard InChI is InChI=1S/C2H4O2.Mg.HNO3.H3N.2H/c1-2(3)4;;2-1(3)4;;;/h1H3,(H,3,4);;(H,2,3,4);1H3;;/q;+2;;;2*-1. The summed E-state index contributed by atoms with van der Waals surface area (Å²) >= 11 is 0. The SMILES string of the molecule is CC(=O)O.N.O=[N+]([O-])O.[H-].[H-].[Mg+2]. The Bertz CT molecular complexity index is 83.4. The second kappa shape index (κ2) is 15.8. The van der Waals surface area contributed by atoms with Crippen LogP contribution in [0.1, 0.15) is 9.78 Å². The Morgan fingerprint density at radius 1 is 1.70 bits per heavy atom. The Labute approximate surface area is 75.8 Å². The van der Waals surface area contributed by atoms with Gasteiger partial charge in [0.05, 0.1) is 0 Å². The molecule has 0 spiro atoms. The summed E-state index contributed by atoms with van der Waals surface area (Å²) < 4.78 is 0. The Kier molecular flexibility index (Phi) is 35.9. The first-order valence-electron chi connectivity index (χ1n) is 1.49. The van der Waals surface area contributed by atoms with Crippen molar-refractivity contribution in [1.29, 1.82) is 0 Å². The van der Waals surface area contributed by atoms with Crippen LogP contribution in [0.3, 0.4) is 0 Å². The largest absolute Gasteiger partial charge is 2.00 e. The third-order valence-electron chi connectivity index (χ3n) is 0. The number of aliphatic carboxylic acids is 1. The van der Waals surface area contributed by atoms with E-state index in [4.69, 9.17) is 25.2 Å². The summed E-state index contributed by atoms with van der Waals surface area (Å²) in [6.07, 6.45) is 0. The van der Waals surface area contributed by atoms with Gasteiger partial charge >= 0.3 is 23.1 Å². The van der Waals surface area contributed by atoms with Gasteiger partial charge in [0.15, 0.2) is 0 Å². The van der Waals surface area contributed by atoms with Crippen LogP contribution in [0.4, 0.5) is 0 Å². The van der Waals surface area contributed by atoms with Crippen molar-refractivity contribution in [2.45, 2.75) is 6.92 Å². The first kappa shape index (κ1) is 22.7. The molecule has 0 aromatic heterocycles. The number of hydrogen-bond acceptors (Lipinski definition) is 4. The van der Waals surface area contributed by atoms with Crippen LogP contribution >= 0.6 is 0 Å². The van der Waals surface area contributed by atoms with E-state index in [1.54, 1.807) is 0 Å². The second-order valence-electron chi connectivity index (χ2n) is 0.757. The molecule has 0 aliphatic heterocycles. The van der Waals surface area contributed by atoms with E-state index in [0.29, 0.717) is 0 Å². The summed E-state index contributed by atoms with van der Waals surface area (Å²) in [6, 6.07) is 0. The molecule has 0 fully saturated rings. The molecule has 0 radical (unpaired) electrons. The van der Waals surface area contributed by atoms with Crippen molar-refractivity contribution in [3.05, 3.63) is 10.1 Å². The molecule has 0 rings (SSSR count). The number of hydrogen-bond donors (Lipinski definition) is 3. The van der Waals surface area contributed by atoms with Crippen molar-refractivity contribution >= 4 is 29.0 Å². The van der Waals surface area contributed by atoms with Gasteiger partial charge in [-0.15, -0.1) is 10.1 Å². The molecule has 0 bridgehead atoms. The van der Waals surface area contributed by atoms with Crippen LogP contribution in [0, 0.1) is 10.1 Å². The maximum atomic E-state index is 9.00. The number of nitrogens with zero attached hydrogens (tertiary/aromatic N) is 1. The Morgan fingerprint density at radius 3 is 1.70 bits per heavy atom. The topological polar surface area (TPSA) is 136 Å². The van der Waals surface area contributed by atoms with Gasteiger partial charge in [0.2, 0.25) is 0 Å². The van der Waals surface area contributed by atoms with Crippen molar-refractivity contribution < 1.29 is 23.0 Å². The normalized spacial score (nSPS) is 4.90. The molecule has 0 aromatic carbocycles. The third-order valence-corrected chi connectivity index (χ3v) is 0. The molecule has 0 heterocycles. The Balaban J connectivity index is -0.0000000112. The predicted octanol–water partition coefficient (Wildman–Crippen LogP) is -0.251. The first-order chi connectivity index (χ1) is 3.46. The summed E-state index contributed by atoms with van der Waals surface area (Å²) in [5, 5.41) is 21.1. The van der Waals surface area contributed by atoms with Gasteiger partial charge in [-0.1, -0.05) is 0 Å². The molecular weight excluding hydrogens is 156 g/mol. The Morgan fingerprint density at radius 2 is 1.70 bits per heavy atom. The summed E-state index contributed by atoms with van der Waals surface area (Å²) in [6.45, 7) is 1.08. The van der Waals surface area contributed by atoms with Crippen LogP contribution in [0.15, 0.2) is 0 Å². The zero-order valence-corrected chi connectivity index (χ0v) is 6.89. The quantitative estimate of drug-likeness (QED) is 0.258. The zero-order chi connectivity index (χ0) is 7.15. The molecule has 0 amide bonds. The number of carboxylic acid groups (broad SMARTS) is 1. The van der Waals surface area contributed by atoms with Crippen LogP contribution < -0.4 is 6.15 Å². The van der Waals surface area contributed by atoms with Crippen molar-refractivity contribution in [2.24, 2.45) is 0 Å². The van der Waals surface area contributed by atoms with Crippen molar-refractivity contribution in [3.63, 3.8) is 0 Å². The molecule has 0 atom stereocenters. The molecular formula is C2H10MgN2O5. The van der Waals surface area contributed by atoms with Gasteiger partial charge in [-0.3, -0.25) is 4.79 Å². The molecule has 0 aromatic rings. The van der Waals surface area contributed by atoms with Crippen molar-refractivity contribution in [2.75, 3.05) is 0 Å². The van der Waals surface area contributed by atoms with Gasteiger partial charge in [-0.2, -0.15) is 0 Å². The van der Waals surface area contributed by atoms with E-state index in [1.807, 2.05) is 0 Å². The molecule has 5 N–H and O–H groups in total. The van der Waals surface area contributed by atoms with Crippen molar-refractivity contribution in [1.82, 2.24) is 6.15 Å². The first-order valence-corrected chi connectivity index (χ1v) is 1.49. The number of carboxylic acids is 1. The second-order valence-corrected chi connectivity index (χ2v) is 0.757. The average Bonchev–Trinajstić information content (AvgIpc) is 1.25. The Hall–Kier alpha value is -0.604. The molecule has 0 saturated heterocycles. The fourth-order valence-corrected chi connectivity index (χ4v) is 0. The predicted molar refractivity (Wildman–Crippen MR) is 35.1 cm³/mol. The maximum absolute atomic E-state index is 9.00. The fraction of sp³-hybridized carbons (Fsp3) is 0.500. The summed E-state index contributed by atoms with van der Waals surface area (Å²) in [4.78, 5) is 17.4. The summed E-state index contributed by atoms with van der Waals surface area (Å²) in [7, 11) is 0. The molecule has 7 nitrogen and oxygen atoms in total. The van der Waals surface area contributed by atoms with E-state index < -0.39 is 11.1 Å². The van der Waals surface area contributed by atoms with Crippen LogP contribution in [0.2, 0.25) is 0 Å². The summed E-state index contributed by atoms with van der Waals surface area (Å²) in [5.74, 6) is -0.833. The summed E-state index contributed by atoms with van der Waals surface area (Å²) in [5.41, 5.74) is 0. The molecule has 8 heteroatoms. The average molecular weight is 166 g/mol. The molecule has 0 unspecified atom stereocenters. The van der Waals surface area contributed by atoms with Gasteiger partial charge in [0.1, 0.15) is 0 Å². The van der Waals surface area contributed by atoms with Gasteiger partial charge in [-0.05, 0) is 0 Å². The molecule has 10 heavy (non-hydrogen) atoms. The minimum Gasteiger partial charge on any atom is -1.00 e. The van der Waals surface area contributed by atoms with Crippen LogP contribution in [0.25, 0.3) is 0 Å². The van der Waals surface area contributed by atoms with E-state index in [1.165, 1.54) is 0 Å². The molecule has 60 valence electrons. The monoisotopic (exact) mass is 166 g/mol. The maximum Gasteiger partial charge on any atom is 2.00 e. The smallest absolute Gasteiger partial charge is 1.00 e. The fourth-order valence-electron chi connectivity index (χ4n) is 0. The number of carbonyl (C=O) groups is 1. The minimum atomic E-state index is -1.50. The van der Waals surface area contributed by atoms with Gasteiger partial charge in [0, 0.05) is 6.92 Å². The van der Waals surface area contributed by atoms with E-state index >= 15 is 0 Å². The van der Waals surface area contributed by atoms with E-state index in [2.05, 4.69) is 0 Å². The number of rotatable bonds is 0. The van der Waals surface area contributed by atoms with E-state index in [0.717, 1.165) is 6.92 Å². The van der Waals surface area contributed by atoms with Crippen LogP contribution in [-0.4, -0.2) is 44.4 Å². The van der Waals surface area contributed by atoms with Crippen LogP contribution in [-0.2, 0) is 4.79 Å². The van der Waals surface area contributed by atoms with Crippen molar-refractivity contribution in [3.8, 4) is 0 Å². The van der Waals surface area contributed by atoms with Crippen LogP contribution in [0.5, 0.6) is 0 Å².